The Morgan fingerprint density at radius 2 is 2.31 bits per heavy atom. The Morgan fingerprint density at radius 1 is 1.54 bits per heavy atom. The molecule has 0 aromatic carbocycles. The SMILES string of the molecule is Nc1cc(OC2CC2)cc(C=O)n1. The lowest BCUT2D eigenvalue weighted by atomic mass is 10.3. The zero-order chi connectivity index (χ0) is 9.26. The van der Waals surface area contributed by atoms with E-state index in [0.717, 1.165) is 12.8 Å². The molecule has 0 atom stereocenters. The molecule has 1 fully saturated rings. The normalized spacial score (nSPS) is 15.4. The molecule has 1 aromatic rings. The van der Waals surface area contributed by atoms with Crippen LogP contribution < -0.4 is 10.5 Å². The molecule has 1 aliphatic rings. The third-order valence-electron chi connectivity index (χ3n) is 1.79. The van der Waals surface area contributed by atoms with Crippen LogP contribution in [0.4, 0.5) is 5.82 Å². The Kier molecular flexibility index (Phi) is 1.88. The molecule has 4 nitrogen and oxygen atoms in total. The largest absolute Gasteiger partial charge is 0.490 e. The van der Waals surface area contributed by atoms with Gasteiger partial charge in [0.2, 0.25) is 0 Å². The Morgan fingerprint density at radius 3 is 2.92 bits per heavy atom. The molecule has 0 spiro atoms. The molecule has 4 heteroatoms. The highest BCUT2D eigenvalue weighted by atomic mass is 16.5. The van der Waals surface area contributed by atoms with Gasteiger partial charge >= 0.3 is 0 Å². The van der Waals surface area contributed by atoms with Gasteiger partial charge in [-0.25, -0.2) is 4.98 Å². The molecule has 0 bridgehead atoms. The van der Waals surface area contributed by atoms with E-state index in [2.05, 4.69) is 4.98 Å². The summed E-state index contributed by atoms with van der Waals surface area (Å²) < 4.78 is 5.47. The molecule has 0 aliphatic heterocycles. The number of rotatable bonds is 3. The highest BCUT2D eigenvalue weighted by molar-refractivity contribution is 5.73. The molecule has 1 aromatic heterocycles. The van der Waals surface area contributed by atoms with Crippen molar-refractivity contribution in [3.8, 4) is 5.75 Å². The quantitative estimate of drug-likeness (QED) is 0.702. The summed E-state index contributed by atoms with van der Waals surface area (Å²) in [5.74, 6) is 0.956. The van der Waals surface area contributed by atoms with Gasteiger partial charge in [0.25, 0.3) is 0 Å². The van der Waals surface area contributed by atoms with Gasteiger partial charge in [0.05, 0.1) is 6.10 Å². The number of hydrogen-bond donors (Lipinski definition) is 1. The second-order valence-corrected chi connectivity index (χ2v) is 3.09. The fourth-order valence-corrected chi connectivity index (χ4v) is 1.05. The van der Waals surface area contributed by atoms with Crippen LogP contribution in [0.5, 0.6) is 5.75 Å². The van der Waals surface area contributed by atoms with Gasteiger partial charge in [0.1, 0.15) is 17.3 Å². The van der Waals surface area contributed by atoms with Crippen molar-refractivity contribution in [3.05, 3.63) is 17.8 Å². The van der Waals surface area contributed by atoms with Crippen molar-refractivity contribution in [2.75, 3.05) is 5.73 Å². The van der Waals surface area contributed by atoms with Gasteiger partial charge in [-0.3, -0.25) is 4.79 Å². The molecule has 0 saturated heterocycles. The summed E-state index contributed by atoms with van der Waals surface area (Å²) in [6, 6.07) is 3.23. The number of nitrogen functional groups attached to an aromatic ring is 1. The first-order valence-corrected chi connectivity index (χ1v) is 4.17. The molecule has 0 unspecified atom stereocenters. The molecule has 2 rings (SSSR count). The number of aromatic nitrogens is 1. The minimum absolute atomic E-state index is 0.307. The van der Waals surface area contributed by atoms with Gasteiger partial charge in [0.15, 0.2) is 6.29 Å². The van der Waals surface area contributed by atoms with Crippen molar-refractivity contribution >= 4 is 12.1 Å². The number of pyridine rings is 1. The maximum absolute atomic E-state index is 10.4. The van der Waals surface area contributed by atoms with E-state index in [-0.39, 0.29) is 0 Å². The van der Waals surface area contributed by atoms with Crippen LogP contribution in [0.15, 0.2) is 12.1 Å². The second kappa shape index (κ2) is 3.05. The topological polar surface area (TPSA) is 65.2 Å². The van der Waals surface area contributed by atoms with Gasteiger partial charge in [-0.1, -0.05) is 0 Å². The summed E-state index contributed by atoms with van der Waals surface area (Å²) in [4.78, 5) is 14.2. The molecular formula is C9H10N2O2. The molecule has 1 saturated carbocycles. The molecule has 13 heavy (non-hydrogen) atoms. The van der Waals surface area contributed by atoms with Crippen LogP contribution in [0, 0.1) is 0 Å². The zero-order valence-corrected chi connectivity index (χ0v) is 7.06. The van der Waals surface area contributed by atoms with Crippen LogP contribution in [-0.2, 0) is 0 Å². The van der Waals surface area contributed by atoms with Crippen LogP contribution in [0.1, 0.15) is 23.3 Å². The van der Waals surface area contributed by atoms with E-state index >= 15 is 0 Å². The monoisotopic (exact) mass is 178 g/mol. The summed E-state index contributed by atoms with van der Waals surface area (Å²) in [5, 5.41) is 0. The van der Waals surface area contributed by atoms with E-state index in [4.69, 9.17) is 10.5 Å². The fraction of sp³-hybridized carbons (Fsp3) is 0.333. The summed E-state index contributed by atoms with van der Waals surface area (Å²) >= 11 is 0. The zero-order valence-electron chi connectivity index (χ0n) is 7.06. The number of nitrogens with zero attached hydrogens (tertiary/aromatic N) is 1. The Balaban J connectivity index is 2.22. The predicted molar refractivity (Wildman–Crippen MR) is 47.7 cm³/mol. The number of hydrogen-bond acceptors (Lipinski definition) is 4. The second-order valence-electron chi connectivity index (χ2n) is 3.09. The smallest absolute Gasteiger partial charge is 0.168 e. The number of anilines is 1. The summed E-state index contributed by atoms with van der Waals surface area (Å²) in [7, 11) is 0. The number of carbonyl (C=O) groups is 1. The van der Waals surface area contributed by atoms with Crippen molar-refractivity contribution in [1.29, 1.82) is 0 Å². The summed E-state index contributed by atoms with van der Waals surface area (Å²) in [6.45, 7) is 0. The average molecular weight is 178 g/mol. The lowest BCUT2D eigenvalue weighted by Gasteiger charge is -2.04. The lowest BCUT2D eigenvalue weighted by Crippen LogP contribution is -2.00. The first kappa shape index (κ1) is 8.04. The van der Waals surface area contributed by atoms with Gasteiger partial charge in [0, 0.05) is 12.1 Å². The fourth-order valence-electron chi connectivity index (χ4n) is 1.05. The Hall–Kier alpha value is -1.58. The minimum Gasteiger partial charge on any atom is -0.490 e. The van der Waals surface area contributed by atoms with E-state index in [0.29, 0.717) is 29.7 Å². The number of aldehydes is 1. The molecule has 2 N–H and O–H groups in total. The van der Waals surface area contributed by atoms with Crippen LogP contribution in [0.3, 0.4) is 0 Å². The van der Waals surface area contributed by atoms with Crippen LogP contribution in [0.2, 0.25) is 0 Å². The summed E-state index contributed by atoms with van der Waals surface area (Å²) in [5.41, 5.74) is 5.80. The van der Waals surface area contributed by atoms with Crippen LogP contribution in [0.25, 0.3) is 0 Å². The first-order valence-electron chi connectivity index (χ1n) is 4.17. The van der Waals surface area contributed by atoms with Crippen molar-refractivity contribution in [1.82, 2.24) is 4.98 Å². The maximum Gasteiger partial charge on any atom is 0.168 e. The number of carbonyl (C=O) groups excluding carboxylic acids is 1. The lowest BCUT2D eigenvalue weighted by molar-refractivity contribution is 0.111. The molecule has 68 valence electrons. The number of nitrogens with two attached hydrogens (primary N) is 1. The highest BCUT2D eigenvalue weighted by Crippen LogP contribution is 2.27. The van der Waals surface area contributed by atoms with Crippen LogP contribution >= 0.6 is 0 Å². The molecule has 1 heterocycles. The van der Waals surface area contributed by atoms with Gasteiger partial charge in [-0.15, -0.1) is 0 Å². The molecule has 0 amide bonds. The van der Waals surface area contributed by atoms with Crippen molar-refractivity contribution < 1.29 is 9.53 Å². The van der Waals surface area contributed by atoms with E-state index in [9.17, 15) is 4.79 Å². The van der Waals surface area contributed by atoms with Crippen molar-refractivity contribution in [2.24, 2.45) is 0 Å². The average Bonchev–Trinajstić information content (AvgIpc) is 2.87. The van der Waals surface area contributed by atoms with E-state index in [1.165, 1.54) is 0 Å². The third kappa shape index (κ3) is 1.96. The summed E-state index contributed by atoms with van der Waals surface area (Å²) in [6.07, 6.45) is 3.13. The van der Waals surface area contributed by atoms with E-state index in [1.807, 2.05) is 0 Å². The molecular weight excluding hydrogens is 168 g/mol. The highest BCUT2D eigenvalue weighted by Gasteiger charge is 2.23. The number of ether oxygens (including phenoxy) is 1. The van der Waals surface area contributed by atoms with E-state index in [1.54, 1.807) is 12.1 Å². The molecule has 0 radical (unpaired) electrons. The standard InChI is InChI=1S/C9H10N2O2/c10-9-4-8(13-7-1-2-7)3-6(5-12)11-9/h3-5,7H,1-2H2,(H2,10,11). The van der Waals surface area contributed by atoms with E-state index < -0.39 is 0 Å². The first-order chi connectivity index (χ1) is 6.28. The van der Waals surface area contributed by atoms with Gasteiger partial charge in [-0.2, -0.15) is 0 Å². The minimum atomic E-state index is 0.307. The van der Waals surface area contributed by atoms with Gasteiger partial charge < -0.3 is 10.5 Å². The predicted octanol–water partition coefficient (Wildman–Crippen LogP) is 1.02. The van der Waals surface area contributed by atoms with Gasteiger partial charge in [-0.05, 0) is 12.8 Å². The Labute approximate surface area is 75.7 Å². The molecule has 1 aliphatic carbocycles. The third-order valence-corrected chi connectivity index (χ3v) is 1.79. The maximum atomic E-state index is 10.4. The Bertz CT molecular complexity index is 334. The van der Waals surface area contributed by atoms with Crippen LogP contribution in [-0.4, -0.2) is 17.4 Å². The van der Waals surface area contributed by atoms with Crippen molar-refractivity contribution in [3.63, 3.8) is 0 Å². The van der Waals surface area contributed by atoms with Crippen molar-refractivity contribution in [2.45, 2.75) is 18.9 Å².